The van der Waals surface area contributed by atoms with Gasteiger partial charge in [0.2, 0.25) is 0 Å². The Kier molecular flexibility index (Phi) is 6.15. The second-order valence-electron chi connectivity index (χ2n) is 5.75. The van der Waals surface area contributed by atoms with Crippen molar-refractivity contribution < 1.29 is 23.1 Å². The monoisotopic (exact) mass is 393 g/mol. The smallest absolute Gasteiger partial charge is 0.475 e. The van der Waals surface area contributed by atoms with Crippen LogP contribution in [0, 0.1) is 0 Å². The molecule has 10 heteroatoms. The lowest BCUT2D eigenvalue weighted by atomic mass is 9.97. The summed E-state index contributed by atoms with van der Waals surface area (Å²) in [5.74, 6) is -2.09. The fraction of sp³-hybridized carbons (Fsp3) is 0.533. The van der Waals surface area contributed by atoms with Gasteiger partial charge in [0.25, 0.3) is 0 Å². The second kappa shape index (κ2) is 7.77. The van der Waals surface area contributed by atoms with Crippen LogP contribution in [0.5, 0.6) is 0 Å². The number of thioether (sulfide) groups is 1. The van der Waals surface area contributed by atoms with Crippen molar-refractivity contribution >= 4 is 45.1 Å². The standard InChI is InChI=1S/C13H17N3S2.C2HF3O2/c1-7(2)17-13-15-11(14)10-8-5-3-4-6-9(8)18-12(10)16-13;3-2(4,5)1(6)7/h7H,3-6H2,1-2H3,(H2,14,15,16);(H,6,7). The largest absolute Gasteiger partial charge is 0.490 e. The number of aliphatic carboxylic acids is 1. The van der Waals surface area contributed by atoms with Crippen LogP contribution < -0.4 is 5.73 Å². The lowest BCUT2D eigenvalue weighted by molar-refractivity contribution is -0.192. The average Bonchev–Trinajstić information content (AvgIpc) is 2.84. The van der Waals surface area contributed by atoms with E-state index in [1.807, 2.05) is 11.3 Å². The maximum atomic E-state index is 10.6. The van der Waals surface area contributed by atoms with Gasteiger partial charge in [-0.1, -0.05) is 25.6 Å². The normalized spacial score (nSPS) is 14.2. The summed E-state index contributed by atoms with van der Waals surface area (Å²) in [6.07, 6.45) is -0.205. The van der Waals surface area contributed by atoms with Crippen LogP contribution in [0.15, 0.2) is 5.16 Å². The van der Waals surface area contributed by atoms with E-state index in [1.54, 1.807) is 11.8 Å². The Morgan fingerprint density at radius 2 is 1.88 bits per heavy atom. The summed E-state index contributed by atoms with van der Waals surface area (Å²) in [5, 5.41) is 9.55. The molecule has 0 atom stereocenters. The Balaban J connectivity index is 0.000000277. The summed E-state index contributed by atoms with van der Waals surface area (Å²) in [7, 11) is 0. The Hall–Kier alpha value is -1.55. The highest BCUT2D eigenvalue weighted by atomic mass is 32.2. The highest BCUT2D eigenvalue weighted by molar-refractivity contribution is 7.99. The third kappa shape index (κ3) is 4.97. The highest BCUT2D eigenvalue weighted by Gasteiger charge is 2.38. The molecule has 0 amide bonds. The molecule has 0 fully saturated rings. The first-order valence-electron chi connectivity index (χ1n) is 7.64. The molecule has 0 saturated heterocycles. The second-order valence-corrected chi connectivity index (χ2v) is 8.38. The van der Waals surface area contributed by atoms with Gasteiger partial charge in [-0.3, -0.25) is 0 Å². The van der Waals surface area contributed by atoms with E-state index in [1.165, 1.54) is 29.7 Å². The molecule has 1 aliphatic rings. The molecule has 2 aromatic heterocycles. The number of nitrogen functional groups attached to an aromatic ring is 1. The van der Waals surface area contributed by atoms with Crippen molar-refractivity contribution in [3.63, 3.8) is 0 Å². The van der Waals surface area contributed by atoms with Crippen LogP contribution in [0.4, 0.5) is 19.0 Å². The molecule has 5 nitrogen and oxygen atoms in total. The van der Waals surface area contributed by atoms with Gasteiger partial charge in [-0.2, -0.15) is 13.2 Å². The zero-order chi connectivity index (χ0) is 18.8. The van der Waals surface area contributed by atoms with Crippen molar-refractivity contribution in [1.29, 1.82) is 0 Å². The number of carboxylic acid groups (broad SMARTS) is 1. The van der Waals surface area contributed by atoms with Crippen LogP contribution in [0.1, 0.15) is 37.1 Å². The van der Waals surface area contributed by atoms with Crippen molar-refractivity contribution in [3.05, 3.63) is 10.4 Å². The number of hydrogen-bond acceptors (Lipinski definition) is 6. The molecule has 0 saturated carbocycles. The molecule has 3 rings (SSSR count). The number of anilines is 1. The Morgan fingerprint density at radius 3 is 2.44 bits per heavy atom. The van der Waals surface area contributed by atoms with Crippen LogP contribution in [0.2, 0.25) is 0 Å². The summed E-state index contributed by atoms with van der Waals surface area (Å²) < 4.78 is 31.7. The highest BCUT2D eigenvalue weighted by Crippen LogP contribution is 2.38. The van der Waals surface area contributed by atoms with Gasteiger partial charge in [0.05, 0.1) is 5.39 Å². The third-order valence-corrected chi connectivity index (χ3v) is 5.46. The predicted octanol–water partition coefficient (Wildman–Crippen LogP) is 4.29. The number of hydrogen-bond donors (Lipinski definition) is 2. The van der Waals surface area contributed by atoms with Crippen LogP contribution in [0.25, 0.3) is 10.2 Å². The minimum Gasteiger partial charge on any atom is -0.475 e. The van der Waals surface area contributed by atoms with Crippen LogP contribution in [-0.2, 0) is 17.6 Å². The predicted molar refractivity (Wildman–Crippen MR) is 93.2 cm³/mol. The summed E-state index contributed by atoms with van der Waals surface area (Å²) in [6, 6.07) is 0. The molecule has 0 spiro atoms. The Bertz CT molecular complexity index is 775. The Labute approximate surface area is 150 Å². The van der Waals surface area contributed by atoms with E-state index in [2.05, 4.69) is 23.8 Å². The molecular formula is C15H18F3N3O2S2. The van der Waals surface area contributed by atoms with Crippen molar-refractivity contribution in [2.75, 3.05) is 5.73 Å². The number of nitrogens with two attached hydrogens (primary N) is 1. The topological polar surface area (TPSA) is 89.1 Å². The lowest BCUT2D eigenvalue weighted by Crippen LogP contribution is -2.21. The van der Waals surface area contributed by atoms with Crippen LogP contribution in [0.3, 0.4) is 0 Å². The van der Waals surface area contributed by atoms with E-state index in [4.69, 9.17) is 15.6 Å². The van der Waals surface area contributed by atoms with Crippen molar-refractivity contribution in [2.24, 2.45) is 0 Å². The molecule has 0 unspecified atom stereocenters. The fourth-order valence-electron chi connectivity index (χ4n) is 2.43. The van der Waals surface area contributed by atoms with E-state index in [0.29, 0.717) is 11.1 Å². The summed E-state index contributed by atoms with van der Waals surface area (Å²) in [5.41, 5.74) is 7.56. The maximum absolute atomic E-state index is 10.6. The molecule has 2 heterocycles. The van der Waals surface area contributed by atoms with Crippen LogP contribution in [-0.4, -0.2) is 32.5 Å². The molecule has 0 aliphatic heterocycles. The number of carbonyl (C=O) groups is 1. The number of aryl methyl sites for hydroxylation is 2. The zero-order valence-corrected chi connectivity index (χ0v) is 15.3. The zero-order valence-electron chi connectivity index (χ0n) is 13.7. The molecule has 0 bridgehead atoms. The van der Waals surface area contributed by atoms with Gasteiger partial charge in [0, 0.05) is 10.1 Å². The van der Waals surface area contributed by atoms with Gasteiger partial charge in [-0.15, -0.1) is 11.3 Å². The van der Waals surface area contributed by atoms with Crippen molar-refractivity contribution in [3.8, 4) is 0 Å². The van der Waals surface area contributed by atoms with E-state index < -0.39 is 12.1 Å². The number of fused-ring (bicyclic) bond motifs is 3. The molecule has 2 aromatic rings. The molecule has 0 radical (unpaired) electrons. The van der Waals surface area contributed by atoms with Crippen LogP contribution >= 0.6 is 23.1 Å². The Morgan fingerprint density at radius 1 is 1.28 bits per heavy atom. The number of thiophene rings is 1. The van der Waals surface area contributed by atoms with E-state index >= 15 is 0 Å². The van der Waals surface area contributed by atoms with Gasteiger partial charge >= 0.3 is 12.1 Å². The van der Waals surface area contributed by atoms with Gasteiger partial charge < -0.3 is 10.8 Å². The molecule has 25 heavy (non-hydrogen) atoms. The maximum Gasteiger partial charge on any atom is 0.490 e. The molecule has 0 aromatic carbocycles. The quantitative estimate of drug-likeness (QED) is 0.585. The molecule has 1 aliphatic carbocycles. The van der Waals surface area contributed by atoms with Gasteiger partial charge in [-0.25, -0.2) is 14.8 Å². The minimum atomic E-state index is -5.08. The van der Waals surface area contributed by atoms with Gasteiger partial charge in [0.15, 0.2) is 5.16 Å². The van der Waals surface area contributed by atoms with Gasteiger partial charge in [-0.05, 0) is 31.2 Å². The number of halogens is 3. The summed E-state index contributed by atoms with van der Waals surface area (Å²) in [6.45, 7) is 4.29. The van der Waals surface area contributed by atoms with E-state index in [-0.39, 0.29) is 0 Å². The summed E-state index contributed by atoms with van der Waals surface area (Å²) in [4.78, 5) is 20.6. The molecular weight excluding hydrogens is 375 g/mol. The number of rotatable bonds is 2. The average molecular weight is 393 g/mol. The first kappa shape index (κ1) is 19.8. The minimum absolute atomic E-state index is 0.483. The van der Waals surface area contributed by atoms with E-state index in [0.717, 1.165) is 21.8 Å². The van der Waals surface area contributed by atoms with Crippen molar-refractivity contribution in [1.82, 2.24) is 9.97 Å². The number of aromatic nitrogens is 2. The fourth-order valence-corrected chi connectivity index (χ4v) is 4.47. The first-order valence-corrected chi connectivity index (χ1v) is 9.33. The third-order valence-electron chi connectivity index (χ3n) is 3.41. The van der Waals surface area contributed by atoms with Crippen molar-refractivity contribution in [2.45, 2.75) is 56.1 Å². The molecule has 3 N–H and O–H groups in total. The lowest BCUT2D eigenvalue weighted by Gasteiger charge is -2.10. The number of carboxylic acids is 1. The van der Waals surface area contributed by atoms with E-state index in [9.17, 15) is 13.2 Å². The number of alkyl halides is 3. The molecule has 138 valence electrons. The first-order chi connectivity index (χ1) is 11.6. The van der Waals surface area contributed by atoms with Gasteiger partial charge in [0.1, 0.15) is 10.6 Å². The number of nitrogens with zero attached hydrogens (tertiary/aromatic N) is 2. The summed E-state index contributed by atoms with van der Waals surface area (Å²) >= 11 is 3.49. The SMILES string of the molecule is CC(C)Sc1nc(N)c2c3c(sc2n1)CCCC3.O=C(O)C(F)(F)F.